The van der Waals surface area contributed by atoms with Crippen molar-refractivity contribution >= 4 is 13.7 Å². The smallest absolute Gasteiger partial charge is 0.391 e. The van der Waals surface area contributed by atoms with Crippen LogP contribution in [0.1, 0.15) is 399 Å². The molecule has 0 spiro atoms. The molecule has 490 valence electrons. The van der Waals surface area contributed by atoms with Crippen LogP contribution in [0.15, 0.2) is 12.2 Å². The van der Waals surface area contributed by atoms with Crippen LogP contribution in [0.4, 0.5) is 0 Å². The molecule has 0 heterocycles. The molecule has 8 nitrogen and oxygen atoms in total. The first-order valence-corrected chi connectivity index (χ1v) is 38.5. The van der Waals surface area contributed by atoms with Crippen molar-refractivity contribution in [3.63, 3.8) is 0 Å². The summed E-state index contributed by atoms with van der Waals surface area (Å²) in [5.74, 6) is -0.134. The van der Waals surface area contributed by atoms with E-state index in [1.807, 2.05) is 21.1 Å². The van der Waals surface area contributed by atoms with Gasteiger partial charge in [0.2, 0.25) is 5.91 Å². The highest BCUT2D eigenvalue weighted by molar-refractivity contribution is 7.47. The molecule has 0 fully saturated rings. The lowest BCUT2D eigenvalue weighted by Crippen LogP contribution is -2.46. The van der Waals surface area contributed by atoms with Crippen LogP contribution in [0, 0.1) is 0 Å². The molecule has 0 aliphatic rings. The first-order chi connectivity index (χ1) is 40.0. The van der Waals surface area contributed by atoms with Crippen LogP contribution < -0.4 is 5.32 Å². The third-order valence-electron chi connectivity index (χ3n) is 17.5. The Morgan fingerprint density at radius 3 is 0.939 bits per heavy atom. The fourth-order valence-corrected chi connectivity index (χ4v) is 12.5. The van der Waals surface area contributed by atoms with Gasteiger partial charge in [-0.2, -0.15) is 0 Å². The van der Waals surface area contributed by atoms with E-state index in [2.05, 4.69) is 31.3 Å². The second-order valence-corrected chi connectivity index (χ2v) is 28.5. The number of nitrogens with zero attached hydrogens (tertiary/aromatic N) is 1. The van der Waals surface area contributed by atoms with Gasteiger partial charge in [0.15, 0.2) is 0 Å². The van der Waals surface area contributed by atoms with Crippen molar-refractivity contribution in [1.29, 1.82) is 0 Å². The van der Waals surface area contributed by atoms with Crippen molar-refractivity contribution in [2.45, 2.75) is 411 Å². The van der Waals surface area contributed by atoms with Gasteiger partial charge in [-0.05, 0) is 38.5 Å². The van der Waals surface area contributed by atoms with Crippen LogP contribution in [0.3, 0.4) is 0 Å². The maximum absolute atomic E-state index is 13.1. The minimum absolute atomic E-state index is 0.0786. The topological polar surface area (TPSA) is 105 Å². The van der Waals surface area contributed by atoms with Gasteiger partial charge in [-0.1, -0.05) is 366 Å². The zero-order valence-electron chi connectivity index (χ0n) is 56.3. The molecule has 0 rings (SSSR count). The highest BCUT2D eigenvalue weighted by Gasteiger charge is 2.28. The molecular formula is C73H148N2O6P+. The molecule has 0 radical (unpaired) electrons. The van der Waals surface area contributed by atoms with Crippen LogP contribution in [-0.2, 0) is 18.4 Å². The molecule has 0 saturated heterocycles. The van der Waals surface area contributed by atoms with Crippen molar-refractivity contribution in [3.8, 4) is 0 Å². The number of hydrogen-bond donors (Lipinski definition) is 3. The summed E-state index contributed by atoms with van der Waals surface area (Å²) in [5.41, 5.74) is 0. The van der Waals surface area contributed by atoms with Crippen LogP contribution in [0.25, 0.3) is 0 Å². The van der Waals surface area contributed by atoms with E-state index in [0.717, 1.165) is 38.5 Å². The van der Waals surface area contributed by atoms with E-state index in [9.17, 15) is 19.4 Å². The molecule has 0 aromatic rings. The molecule has 0 aromatic heterocycles. The number of phosphoric ester groups is 1. The van der Waals surface area contributed by atoms with Crippen LogP contribution >= 0.6 is 7.82 Å². The fourth-order valence-electron chi connectivity index (χ4n) is 11.8. The molecule has 0 aliphatic carbocycles. The van der Waals surface area contributed by atoms with E-state index in [1.54, 1.807) is 0 Å². The molecule has 0 aromatic carbocycles. The maximum atomic E-state index is 13.1. The summed E-state index contributed by atoms with van der Waals surface area (Å²) in [7, 11) is 1.64. The first-order valence-electron chi connectivity index (χ1n) is 37.1. The normalized spacial score (nSPS) is 13.6. The van der Waals surface area contributed by atoms with Gasteiger partial charge >= 0.3 is 7.82 Å². The average molecular weight is 1180 g/mol. The summed E-state index contributed by atoms with van der Waals surface area (Å²) in [6.07, 6.45) is 83.3. The largest absolute Gasteiger partial charge is 0.472 e. The highest BCUT2D eigenvalue weighted by Crippen LogP contribution is 2.43. The molecule has 0 aliphatic heterocycles. The number of phosphoric acid groups is 1. The number of allylic oxidation sites excluding steroid dienone is 2. The number of aliphatic hydroxyl groups is 1. The first kappa shape index (κ1) is 81.2. The summed E-state index contributed by atoms with van der Waals surface area (Å²) < 4.78 is 23.9. The highest BCUT2D eigenvalue weighted by atomic mass is 31.2. The Balaban J connectivity index is 3.95. The number of rotatable bonds is 70. The Kier molecular flexibility index (Phi) is 64.1. The predicted octanol–water partition coefficient (Wildman–Crippen LogP) is 23.7. The molecule has 82 heavy (non-hydrogen) atoms. The van der Waals surface area contributed by atoms with Gasteiger partial charge in [-0.25, -0.2) is 4.57 Å². The molecule has 3 N–H and O–H groups in total. The fraction of sp³-hybridized carbons (Fsp3) is 0.959. The van der Waals surface area contributed by atoms with Crippen molar-refractivity contribution in [2.24, 2.45) is 0 Å². The van der Waals surface area contributed by atoms with E-state index >= 15 is 0 Å². The van der Waals surface area contributed by atoms with Crippen molar-refractivity contribution in [3.05, 3.63) is 12.2 Å². The Morgan fingerprint density at radius 1 is 0.402 bits per heavy atom. The molecule has 3 unspecified atom stereocenters. The minimum atomic E-state index is -4.33. The number of hydrogen-bond acceptors (Lipinski definition) is 5. The van der Waals surface area contributed by atoms with Gasteiger partial charge in [0.25, 0.3) is 0 Å². The molecular weight excluding hydrogens is 1030 g/mol. The molecule has 1 amide bonds. The lowest BCUT2D eigenvalue weighted by atomic mass is 10.0. The van der Waals surface area contributed by atoms with Crippen molar-refractivity contribution < 1.29 is 32.9 Å². The number of carbonyl (C=O) groups excluding carboxylic acids is 1. The lowest BCUT2D eigenvalue weighted by Gasteiger charge is -2.26. The Hall–Kier alpha value is -0.760. The average Bonchev–Trinajstić information content (AvgIpc) is 3.47. The number of nitrogens with one attached hydrogen (secondary N) is 1. The zero-order chi connectivity index (χ0) is 59.8. The molecule has 3 atom stereocenters. The number of carbonyl (C=O) groups is 1. The van der Waals surface area contributed by atoms with E-state index in [0.29, 0.717) is 23.9 Å². The SMILES string of the molecule is CCCCCCCCCC/C=C\CCCCCCCCCCCCCCCCCCCCCCCC(=O)NC(COP(=O)(O)OCC[N+](C)(C)C)C(O)CCCCCCCCCCCCCCCCCCCCCCCCCCCCC. The molecule has 0 bridgehead atoms. The Bertz CT molecular complexity index is 1340. The van der Waals surface area contributed by atoms with Crippen LogP contribution in [-0.4, -0.2) is 73.4 Å². The lowest BCUT2D eigenvalue weighted by molar-refractivity contribution is -0.870. The third-order valence-corrected chi connectivity index (χ3v) is 18.5. The summed E-state index contributed by atoms with van der Waals surface area (Å²) in [6.45, 7) is 4.96. The Morgan fingerprint density at radius 2 is 0.659 bits per heavy atom. The van der Waals surface area contributed by atoms with Crippen molar-refractivity contribution in [2.75, 3.05) is 40.9 Å². The van der Waals surface area contributed by atoms with Gasteiger partial charge < -0.3 is 19.8 Å². The number of unbranched alkanes of at least 4 members (excludes halogenated alkanes) is 55. The van der Waals surface area contributed by atoms with Gasteiger partial charge in [-0.3, -0.25) is 13.8 Å². The maximum Gasteiger partial charge on any atom is 0.472 e. The number of aliphatic hydroxyl groups excluding tert-OH is 1. The monoisotopic (exact) mass is 1180 g/mol. The third kappa shape index (κ3) is 66.8. The minimum Gasteiger partial charge on any atom is -0.391 e. The second-order valence-electron chi connectivity index (χ2n) is 27.0. The van der Waals surface area contributed by atoms with Crippen LogP contribution in [0.5, 0.6) is 0 Å². The molecule has 9 heteroatoms. The number of likely N-dealkylation sites (N-methyl/N-ethyl adjacent to an activating group) is 1. The van der Waals surface area contributed by atoms with E-state index in [-0.39, 0.29) is 19.1 Å². The molecule has 0 saturated carbocycles. The van der Waals surface area contributed by atoms with E-state index in [1.165, 1.54) is 334 Å². The summed E-state index contributed by atoms with van der Waals surface area (Å²) in [6, 6.07) is -0.759. The Labute approximate surface area is 513 Å². The van der Waals surface area contributed by atoms with Gasteiger partial charge in [0, 0.05) is 6.42 Å². The van der Waals surface area contributed by atoms with Gasteiger partial charge in [0.05, 0.1) is 39.9 Å². The van der Waals surface area contributed by atoms with Crippen molar-refractivity contribution in [1.82, 2.24) is 5.32 Å². The predicted molar refractivity (Wildman–Crippen MR) is 360 cm³/mol. The summed E-state index contributed by atoms with van der Waals surface area (Å²) in [4.78, 5) is 23.5. The standard InChI is InChI=1S/C73H147N2O6P/c1-6-8-10-12-14-16-18-20-22-24-26-28-30-32-34-35-36-37-38-39-41-43-45-47-49-51-53-55-57-59-61-63-65-67-73(77)74-71(70-81-82(78,79)80-69-68-75(3,4)5)72(76)66-64-62-60-58-56-54-52-50-48-46-44-42-40-33-31-29-27-25-23-21-19-17-15-13-11-9-7-2/h24,26,71-72,76H,6-23,25,27-70H2,1-5H3,(H-,74,77,78,79)/p+1/b26-24-. The number of quaternary nitrogens is 1. The van der Waals surface area contributed by atoms with E-state index < -0.39 is 20.0 Å². The second kappa shape index (κ2) is 64.7. The number of amides is 1. The van der Waals surface area contributed by atoms with Crippen LogP contribution in [0.2, 0.25) is 0 Å². The summed E-state index contributed by atoms with van der Waals surface area (Å²) >= 11 is 0. The van der Waals surface area contributed by atoms with Gasteiger partial charge in [-0.15, -0.1) is 0 Å². The van der Waals surface area contributed by atoms with E-state index in [4.69, 9.17) is 9.05 Å². The summed E-state index contributed by atoms with van der Waals surface area (Å²) in [5, 5.41) is 14.2. The zero-order valence-corrected chi connectivity index (χ0v) is 57.2. The quantitative estimate of drug-likeness (QED) is 0.0243. The van der Waals surface area contributed by atoms with Gasteiger partial charge in [0.1, 0.15) is 13.2 Å².